The molecule has 0 aliphatic rings. The number of esters is 1. The highest BCUT2D eigenvalue weighted by Gasteiger charge is 2.14. The molecular formula is C18H23N5O3. The molecule has 1 aromatic carbocycles. The molecule has 0 fully saturated rings. The Balaban J connectivity index is 2.12. The summed E-state index contributed by atoms with van der Waals surface area (Å²) in [5, 5.41) is 5.77. The molecule has 2 rings (SSSR count). The highest BCUT2D eigenvalue weighted by atomic mass is 16.5. The molecule has 0 aliphatic heterocycles. The molecule has 26 heavy (non-hydrogen) atoms. The van der Waals surface area contributed by atoms with Crippen molar-refractivity contribution >= 4 is 23.5 Å². The van der Waals surface area contributed by atoms with Crippen LogP contribution in [0, 0.1) is 0 Å². The summed E-state index contributed by atoms with van der Waals surface area (Å²) >= 11 is 0. The normalized spacial score (nSPS) is 10.5. The fourth-order valence-electron chi connectivity index (χ4n) is 2.13. The van der Waals surface area contributed by atoms with E-state index in [0.717, 1.165) is 6.54 Å². The lowest BCUT2D eigenvalue weighted by Gasteiger charge is -2.12. The molecule has 0 atom stereocenters. The predicted molar refractivity (Wildman–Crippen MR) is 98.6 cm³/mol. The van der Waals surface area contributed by atoms with E-state index in [9.17, 15) is 9.59 Å². The summed E-state index contributed by atoms with van der Waals surface area (Å²) in [7, 11) is 3.86. The SMILES string of the molecule is CCOC(=O)c1ccccc1Nc1nccc(C(=O)NCCN(C)C)n1. The third-order valence-corrected chi connectivity index (χ3v) is 3.40. The molecule has 0 bridgehead atoms. The van der Waals surface area contributed by atoms with Crippen molar-refractivity contribution in [3.05, 3.63) is 47.8 Å². The Morgan fingerprint density at radius 2 is 1.96 bits per heavy atom. The average molecular weight is 357 g/mol. The van der Waals surface area contributed by atoms with Gasteiger partial charge in [-0.3, -0.25) is 4.79 Å². The number of ether oxygens (including phenoxy) is 1. The second-order valence-electron chi connectivity index (χ2n) is 5.72. The zero-order valence-corrected chi connectivity index (χ0v) is 15.2. The Hall–Kier alpha value is -3.00. The van der Waals surface area contributed by atoms with Gasteiger partial charge in [-0.05, 0) is 39.2 Å². The first-order valence-corrected chi connectivity index (χ1v) is 8.30. The number of amides is 1. The molecule has 8 heteroatoms. The Bertz CT molecular complexity index is 764. The van der Waals surface area contributed by atoms with Crippen LogP contribution in [-0.2, 0) is 4.74 Å². The fraction of sp³-hybridized carbons (Fsp3) is 0.333. The van der Waals surface area contributed by atoms with Crippen molar-refractivity contribution in [1.82, 2.24) is 20.2 Å². The van der Waals surface area contributed by atoms with Gasteiger partial charge in [-0.2, -0.15) is 0 Å². The first kappa shape index (κ1) is 19.3. The number of hydrogen-bond acceptors (Lipinski definition) is 7. The number of carbonyl (C=O) groups is 2. The molecule has 2 aromatic rings. The number of nitrogens with zero attached hydrogens (tertiary/aromatic N) is 3. The van der Waals surface area contributed by atoms with Gasteiger partial charge in [-0.15, -0.1) is 0 Å². The summed E-state index contributed by atoms with van der Waals surface area (Å²) in [6, 6.07) is 8.43. The minimum Gasteiger partial charge on any atom is -0.462 e. The van der Waals surface area contributed by atoms with Gasteiger partial charge in [0.2, 0.25) is 5.95 Å². The van der Waals surface area contributed by atoms with Gasteiger partial charge >= 0.3 is 5.97 Å². The van der Waals surface area contributed by atoms with Crippen LogP contribution in [0.2, 0.25) is 0 Å². The number of benzene rings is 1. The number of anilines is 2. The van der Waals surface area contributed by atoms with Gasteiger partial charge in [0, 0.05) is 19.3 Å². The third kappa shape index (κ3) is 5.52. The summed E-state index contributed by atoms with van der Waals surface area (Å²) in [6.07, 6.45) is 1.49. The Morgan fingerprint density at radius 3 is 2.69 bits per heavy atom. The molecule has 1 heterocycles. The van der Waals surface area contributed by atoms with E-state index in [1.165, 1.54) is 12.3 Å². The summed E-state index contributed by atoms with van der Waals surface area (Å²) in [4.78, 5) is 34.5. The molecule has 1 amide bonds. The van der Waals surface area contributed by atoms with Gasteiger partial charge in [-0.25, -0.2) is 14.8 Å². The van der Waals surface area contributed by atoms with Gasteiger partial charge in [0.1, 0.15) is 5.69 Å². The van der Waals surface area contributed by atoms with Crippen LogP contribution in [0.1, 0.15) is 27.8 Å². The molecule has 0 radical (unpaired) electrons. The van der Waals surface area contributed by atoms with E-state index < -0.39 is 5.97 Å². The smallest absolute Gasteiger partial charge is 0.340 e. The summed E-state index contributed by atoms with van der Waals surface area (Å²) in [5.41, 5.74) is 1.13. The monoisotopic (exact) mass is 357 g/mol. The zero-order chi connectivity index (χ0) is 18.9. The maximum atomic E-state index is 12.2. The molecule has 1 aromatic heterocycles. The molecule has 138 valence electrons. The van der Waals surface area contributed by atoms with Crippen molar-refractivity contribution in [2.45, 2.75) is 6.92 Å². The number of nitrogens with one attached hydrogen (secondary N) is 2. The molecule has 8 nitrogen and oxygen atoms in total. The van der Waals surface area contributed by atoms with Crippen molar-refractivity contribution in [3.63, 3.8) is 0 Å². The van der Waals surface area contributed by atoms with E-state index in [4.69, 9.17) is 4.74 Å². The highest BCUT2D eigenvalue weighted by molar-refractivity contribution is 5.96. The standard InChI is InChI=1S/C18H23N5O3/c1-4-26-17(25)13-7-5-6-8-14(13)21-18-20-10-9-15(22-18)16(24)19-11-12-23(2)3/h5-10H,4,11-12H2,1-3H3,(H,19,24)(H,20,21,22). The van der Waals surface area contributed by atoms with E-state index >= 15 is 0 Å². The van der Waals surface area contributed by atoms with Crippen LogP contribution in [0.15, 0.2) is 36.5 Å². The molecule has 0 saturated carbocycles. The number of para-hydroxylation sites is 1. The van der Waals surface area contributed by atoms with Crippen molar-refractivity contribution in [2.24, 2.45) is 0 Å². The second kappa shape index (κ2) is 9.47. The molecule has 0 spiro atoms. The minimum absolute atomic E-state index is 0.224. The Kier molecular flexibility index (Phi) is 7.04. The maximum Gasteiger partial charge on any atom is 0.340 e. The lowest BCUT2D eigenvalue weighted by Crippen LogP contribution is -2.31. The zero-order valence-electron chi connectivity index (χ0n) is 15.2. The Morgan fingerprint density at radius 1 is 1.19 bits per heavy atom. The molecule has 0 saturated heterocycles. The summed E-state index contributed by atoms with van der Waals surface area (Å²) in [6.45, 7) is 3.28. The van der Waals surface area contributed by atoms with Crippen LogP contribution >= 0.6 is 0 Å². The number of likely N-dealkylation sites (N-methyl/N-ethyl adjacent to an activating group) is 1. The highest BCUT2D eigenvalue weighted by Crippen LogP contribution is 2.19. The van der Waals surface area contributed by atoms with Crippen molar-refractivity contribution < 1.29 is 14.3 Å². The van der Waals surface area contributed by atoms with Crippen molar-refractivity contribution in [3.8, 4) is 0 Å². The first-order valence-electron chi connectivity index (χ1n) is 8.30. The number of rotatable bonds is 8. The third-order valence-electron chi connectivity index (χ3n) is 3.40. The van der Waals surface area contributed by atoms with E-state index in [2.05, 4.69) is 20.6 Å². The summed E-state index contributed by atoms with van der Waals surface area (Å²) in [5.74, 6) is -0.494. The Labute approximate surface area is 152 Å². The van der Waals surface area contributed by atoms with Gasteiger partial charge in [-0.1, -0.05) is 12.1 Å². The lowest BCUT2D eigenvalue weighted by atomic mass is 10.2. The summed E-state index contributed by atoms with van der Waals surface area (Å²) < 4.78 is 5.04. The average Bonchev–Trinajstić information content (AvgIpc) is 2.62. The lowest BCUT2D eigenvalue weighted by molar-refractivity contribution is 0.0527. The quantitative estimate of drug-likeness (QED) is 0.694. The van der Waals surface area contributed by atoms with Crippen LogP contribution in [0.3, 0.4) is 0 Å². The van der Waals surface area contributed by atoms with Crippen LogP contribution in [0.5, 0.6) is 0 Å². The van der Waals surface area contributed by atoms with Crippen LogP contribution < -0.4 is 10.6 Å². The second-order valence-corrected chi connectivity index (χ2v) is 5.72. The molecule has 0 aliphatic carbocycles. The van der Waals surface area contributed by atoms with Gasteiger partial charge in [0.05, 0.1) is 17.9 Å². The number of aromatic nitrogens is 2. The first-order chi connectivity index (χ1) is 12.5. The van der Waals surface area contributed by atoms with E-state index in [1.807, 2.05) is 19.0 Å². The topological polar surface area (TPSA) is 96.4 Å². The van der Waals surface area contributed by atoms with Crippen LogP contribution in [-0.4, -0.2) is 60.5 Å². The largest absolute Gasteiger partial charge is 0.462 e. The fourth-order valence-corrected chi connectivity index (χ4v) is 2.13. The molecule has 0 unspecified atom stereocenters. The minimum atomic E-state index is -0.437. The predicted octanol–water partition coefficient (Wildman–Crippen LogP) is 1.69. The maximum absolute atomic E-state index is 12.2. The molecular weight excluding hydrogens is 334 g/mol. The van der Waals surface area contributed by atoms with Gasteiger partial charge in [0.25, 0.3) is 5.91 Å². The van der Waals surface area contributed by atoms with E-state index in [0.29, 0.717) is 17.8 Å². The molecule has 2 N–H and O–H groups in total. The van der Waals surface area contributed by atoms with Crippen molar-refractivity contribution in [1.29, 1.82) is 0 Å². The number of hydrogen-bond donors (Lipinski definition) is 2. The van der Waals surface area contributed by atoms with E-state index in [1.54, 1.807) is 31.2 Å². The van der Waals surface area contributed by atoms with Crippen molar-refractivity contribution in [2.75, 3.05) is 39.1 Å². The van der Waals surface area contributed by atoms with Gasteiger partial charge in [0.15, 0.2) is 0 Å². The van der Waals surface area contributed by atoms with Crippen LogP contribution in [0.25, 0.3) is 0 Å². The van der Waals surface area contributed by atoms with Crippen LogP contribution in [0.4, 0.5) is 11.6 Å². The van der Waals surface area contributed by atoms with Gasteiger partial charge < -0.3 is 20.3 Å². The van der Waals surface area contributed by atoms with E-state index in [-0.39, 0.29) is 24.2 Å². The number of carbonyl (C=O) groups excluding carboxylic acids is 2.